The Labute approximate surface area is 119 Å². The highest BCUT2D eigenvalue weighted by Gasteiger charge is 2.14. The SMILES string of the molecule is COC(=O)c1cc(=O)c2c(cc(OC)c3ncccc32)[nH]1. The number of H-pyrrole nitrogens is 1. The number of fused-ring (bicyclic) bond motifs is 3. The number of hydrogen-bond donors (Lipinski definition) is 1. The zero-order chi connectivity index (χ0) is 15.0. The van der Waals surface area contributed by atoms with Crippen molar-refractivity contribution >= 4 is 27.8 Å². The number of rotatable bonds is 2. The van der Waals surface area contributed by atoms with Gasteiger partial charge in [-0.25, -0.2) is 4.79 Å². The van der Waals surface area contributed by atoms with Crippen LogP contribution in [0.2, 0.25) is 0 Å². The van der Waals surface area contributed by atoms with Crippen molar-refractivity contribution in [3.63, 3.8) is 0 Å². The highest BCUT2D eigenvalue weighted by molar-refractivity contribution is 6.08. The molecule has 0 bridgehead atoms. The first-order valence-corrected chi connectivity index (χ1v) is 6.22. The van der Waals surface area contributed by atoms with Gasteiger partial charge < -0.3 is 14.5 Å². The summed E-state index contributed by atoms with van der Waals surface area (Å²) in [6.45, 7) is 0. The van der Waals surface area contributed by atoms with Gasteiger partial charge in [-0.15, -0.1) is 0 Å². The van der Waals surface area contributed by atoms with Crippen LogP contribution in [0.5, 0.6) is 5.75 Å². The number of aromatic amines is 1. The molecule has 0 aliphatic rings. The van der Waals surface area contributed by atoms with E-state index in [0.29, 0.717) is 27.6 Å². The van der Waals surface area contributed by atoms with Crippen LogP contribution in [0.3, 0.4) is 0 Å². The van der Waals surface area contributed by atoms with Gasteiger partial charge in [0.25, 0.3) is 0 Å². The minimum atomic E-state index is -0.598. The Morgan fingerprint density at radius 2 is 2.10 bits per heavy atom. The van der Waals surface area contributed by atoms with E-state index in [9.17, 15) is 9.59 Å². The zero-order valence-electron chi connectivity index (χ0n) is 11.5. The lowest BCUT2D eigenvalue weighted by molar-refractivity contribution is 0.0594. The number of carbonyl (C=O) groups excluding carboxylic acids is 1. The lowest BCUT2D eigenvalue weighted by atomic mass is 10.1. The summed E-state index contributed by atoms with van der Waals surface area (Å²) in [6, 6.07) is 6.42. The predicted octanol–water partition coefficient (Wildman–Crippen LogP) is 1.87. The fourth-order valence-electron chi connectivity index (χ4n) is 2.34. The maximum absolute atomic E-state index is 12.3. The number of carbonyl (C=O) groups is 1. The maximum Gasteiger partial charge on any atom is 0.354 e. The predicted molar refractivity (Wildman–Crippen MR) is 77.8 cm³/mol. The van der Waals surface area contributed by atoms with E-state index in [1.165, 1.54) is 20.3 Å². The molecule has 21 heavy (non-hydrogen) atoms. The normalized spacial score (nSPS) is 10.8. The Bertz CT molecular complexity index is 915. The molecule has 0 aliphatic heterocycles. The molecule has 0 aliphatic carbocycles. The second-order valence-electron chi connectivity index (χ2n) is 4.44. The van der Waals surface area contributed by atoms with Crippen LogP contribution >= 0.6 is 0 Å². The number of nitrogens with one attached hydrogen (secondary N) is 1. The number of nitrogens with zero attached hydrogens (tertiary/aromatic N) is 1. The van der Waals surface area contributed by atoms with Gasteiger partial charge >= 0.3 is 5.97 Å². The molecule has 0 atom stereocenters. The van der Waals surface area contributed by atoms with E-state index in [0.717, 1.165) is 0 Å². The second kappa shape index (κ2) is 4.90. The molecule has 1 N–H and O–H groups in total. The van der Waals surface area contributed by atoms with E-state index in [1.807, 2.05) is 0 Å². The number of hydrogen-bond acceptors (Lipinski definition) is 5. The van der Waals surface area contributed by atoms with E-state index in [1.54, 1.807) is 24.4 Å². The second-order valence-corrected chi connectivity index (χ2v) is 4.44. The smallest absolute Gasteiger partial charge is 0.354 e. The Morgan fingerprint density at radius 3 is 2.81 bits per heavy atom. The van der Waals surface area contributed by atoms with Crippen molar-refractivity contribution in [2.24, 2.45) is 0 Å². The summed E-state index contributed by atoms with van der Waals surface area (Å²) in [7, 11) is 2.79. The molecular formula is C15H12N2O4. The first kappa shape index (κ1) is 13.1. The van der Waals surface area contributed by atoms with E-state index in [-0.39, 0.29) is 11.1 Å². The molecule has 0 radical (unpaired) electrons. The number of aromatic nitrogens is 2. The molecule has 2 heterocycles. The first-order chi connectivity index (χ1) is 10.2. The van der Waals surface area contributed by atoms with Gasteiger partial charge in [-0.05, 0) is 6.07 Å². The summed E-state index contributed by atoms with van der Waals surface area (Å²) < 4.78 is 9.93. The fraction of sp³-hybridized carbons (Fsp3) is 0.133. The molecule has 1 aromatic carbocycles. The van der Waals surface area contributed by atoms with E-state index < -0.39 is 5.97 Å². The quantitative estimate of drug-likeness (QED) is 0.574. The topological polar surface area (TPSA) is 81.3 Å². The average Bonchev–Trinajstić information content (AvgIpc) is 2.52. The minimum Gasteiger partial charge on any atom is -0.494 e. The fourth-order valence-corrected chi connectivity index (χ4v) is 2.34. The summed E-state index contributed by atoms with van der Waals surface area (Å²) in [5.41, 5.74) is 0.925. The molecule has 0 saturated carbocycles. The van der Waals surface area contributed by atoms with Crippen molar-refractivity contribution < 1.29 is 14.3 Å². The number of pyridine rings is 2. The Morgan fingerprint density at radius 1 is 1.29 bits per heavy atom. The molecule has 106 valence electrons. The third-order valence-electron chi connectivity index (χ3n) is 3.27. The molecule has 0 amide bonds. The molecule has 3 rings (SSSR count). The Balaban J connectivity index is 2.47. The van der Waals surface area contributed by atoms with Gasteiger partial charge in [0.05, 0.1) is 25.1 Å². The number of esters is 1. The third kappa shape index (κ3) is 2.01. The van der Waals surface area contributed by atoms with Crippen LogP contribution in [0.1, 0.15) is 10.5 Å². The lowest BCUT2D eigenvalue weighted by Gasteiger charge is -2.09. The standard InChI is InChI=1S/C15H12N2O4/c1-20-12-7-9-13(8-4-3-5-16-14(8)12)11(18)6-10(17-9)15(19)21-2/h3-7H,1-2H3,(H,17,18). The van der Waals surface area contributed by atoms with Crippen LogP contribution in [-0.4, -0.2) is 30.2 Å². The summed E-state index contributed by atoms with van der Waals surface area (Å²) >= 11 is 0. The van der Waals surface area contributed by atoms with Gasteiger partial charge in [0.15, 0.2) is 5.43 Å². The number of methoxy groups -OCH3 is 2. The molecule has 0 spiro atoms. The monoisotopic (exact) mass is 284 g/mol. The lowest BCUT2D eigenvalue weighted by Crippen LogP contribution is -2.11. The molecule has 3 aromatic rings. The molecular weight excluding hydrogens is 272 g/mol. The highest BCUT2D eigenvalue weighted by Crippen LogP contribution is 2.29. The van der Waals surface area contributed by atoms with E-state index >= 15 is 0 Å². The van der Waals surface area contributed by atoms with Crippen molar-refractivity contribution in [1.29, 1.82) is 0 Å². The van der Waals surface area contributed by atoms with Crippen LogP contribution in [0.4, 0.5) is 0 Å². The molecule has 0 fully saturated rings. The average molecular weight is 284 g/mol. The number of benzene rings is 1. The van der Waals surface area contributed by atoms with Gasteiger partial charge in [0.2, 0.25) is 0 Å². The molecule has 0 saturated heterocycles. The van der Waals surface area contributed by atoms with Crippen LogP contribution in [0.15, 0.2) is 35.3 Å². The van der Waals surface area contributed by atoms with Gasteiger partial charge in [-0.3, -0.25) is 9.78 Å². The number of ether oxygens (including phenoxy) is 2. The zero-order valence-corrected chi connectivity index (χ0v) is 11.5. The summed E-state index contributed by atoms with van der Waals surface area (Å²) in [4.78, 5) is 31.1. The Kier molecular flexibility index (Phi) is 3.06. The van der Waals surface area contributed by atoms with Crippen molar-refractivity contribution in [3.8, 4) is 5.75 Å². The van der Waals surface area contributed by atoms with Crippen LogP contribution in [0, 0.1) is 0 Å². The van der Waals surface area contributed by atoms with Gasteiger partial charge in [-0.2, -0.15) is 0 Å². The summed E-state index contributed by atoms with van der Waals surface area (Å²) in [6.07, 6.45) is 1.63. The summed E-state index contributed by atoms with van der Waals surface area (Å²) in [5, 5.41) is 1.14. The van der Waals surface area contributed by atoms with Gasteiger partial charge in [0.1, 0.15) is 17.0 Å². The van der Waals surface area contributed by atoms with Crippen LogP contribution in [0.25, 0.3) is 21.8 Å². The molecule has 6 nitrogen and oxygen atoms in total. The van der Waals surface area contributed by atoms with Gasteiger partial charge in [-0.1, -0.05) is 6.07 Å². The molecule has 6 heteroatoms. The van der Waals surface area contributed by atoms with Crippen LogP contribution in [-0.2, 0) is 4.74 Å². The summed E-state index contributed by atoms with van der Waals surface area (Å²) in [5.74, 6) is -0.0741. The van der Waals surface area contributed by atoms with Crippen molar-refractivity contribution in [2.45, 2.75) is 0 Å². The Hall–Kier alpha value is -2.89. The largest absolute Gasteiger partial charge is 0.494 e. The van der Waals surface area contributed by atoms with Gasteiger partial charge in [0, 0.05) is 23.7 Å². The third-order valence-corrected chi connectivity index (χ3v) is 3.27. The highest BCUT2D eigenvalue weighted by atomic mass is 16.5. The van der Waals surface area contributed by atoms with Crippen LogP contribution < -0.4 is 10.2 Å². The molecule has 2 aromatic heterocycles. The van der Waals surface area contributed by atoms with E-state index in [2.05, 4.69) is 14.7 Å². The molecule has 0 unspecified atom stereocenters. The first-order valence-electron chi connectivity index (χ1n) is 6.22. The van der Waals surface area contributed by atoms with Crippen molar-refractivity contribution in [2.75, 3.05) is 14.2 Å². The minimum absolute atomic E-state index is 0.0975. The van der Waals surface area contributed by atoms with Crippen molar-refractivity contribution in [1.82, 2.24) is 9.97 Å². The van der Waals surface area contributed by atoms with Crippen molar-refractivity contribution in [3.05, 3.63) is 46.4 Å². The van der Waals surface area contributed by atoms with E-state index in [4.69, 9.17) is 4.74 Å². The maximum atomic E-state index is 12.3.